The highest BCUT2D eigenvalue weighted by molar-refractivity contribution is 5.35. The van der Waals surface area contributed by atoms with Gasteiger partial charge in [0.15, 0.2) is 0 Å². The molecule has 0 radical (unpaired) electrons. The summed E-state index contributed by atoms with van der Waals surface area (Å²) in [5, 5.41) is 3.21. The Morgan fingerprint density at radius 1 is 1.50 bits per heavy atom. The Morgan fingerprint density at radius 2 is 2.20 bits per heavy atom. The second kappa shape index (κ2) is 2.74. The van der Waals surface area contributed by atoms with Gasteiger partial charge in [-0.15, -0.1) is 0 Å². The monoisotopic (exact) mass is 135 g/mol. The fourth-order valence-corrected chi connectivity index (χ4v) is 1.03. The molecular weight excluding hydrogens is 122 g/mol. The van der Waals surface area contributed by atoms with Crippen molar-refractivity contribution in [3.63, 3.8) is 0 Å². The number of nitrogens with one attached hydrogen (secondary N) is 1. The second-order valence-corrected chi connectivity index (χ2v) is 2.50. The number of dihydropyridines is 1. The van der Waals surface area contributed by atoms with Crippen LogP contribution in [0, 0.1) is 0 Å². The number of allylic oxidation sites excluding steroid dienone is 4. The van der Waals surface area contributed by atoms with Crippen LogP contribution in [0.3, 0.4) is 0 Å². The van der Waals surface area contributed by atoms with Crippen LogP contribution in [-0.2, 0) is 0 Å². The maximum atomic E-state index is 3.81. The molecule has 1 heteroatoms. The van der Waals surface area contributed by atoms with Crippen LogP contribution >= 0.6 is 0 Å². The molecule has 1 rings (SSSR count). The van der Waals surface area contributed by atoms with E-state index in [1.807, 2.05) is 6.08 Å². The molecule has 10 heavy (non-hydrogen) atoms. The Morgan fingerprint density at radius 3 is 2.70 bits per heavy atom. The van der Waals surface area contributed by atoms with E-state index in [9.17, 15) is 0 Å². The van der Waals surface area contributed by atoms with Crippen molar-refractivity contribution in [1.82, 2.24) is 5.32 Å². The zero-order valence-corrected chi connectivity index (χ0v) is 6.57. The highest BCUT2D eigenvalue weighted by Gasteiger charge is 2.02. The fraction of sp³-hybridized carbons (Fsp3) is 0.333. The molecule has 0 saturated carbocycles. The number of hydrogen-bond acceptors (Lipinski definition) is 1. The topological polar surface area (TPSA) is 12.0 Å². The zero-order chi connectivity index (χ0) is 7.56. The van der Waals surface area contributed by atoms with Gasteiger partial charge in [-0.25, -0.2) is 0 Å². The highest BCUT2D eigenvalue weighted by atomic mass is 14.9. The predicted molar refractivity (Wildman–Crippen MR) is 44.4 cm³/mol. The van der Waals surface area contributed by atoms with E-state index >= 15 is 0 Å². The molecule has 0 fully saturated rings. The molecule has 54 valence electrons. The minimum atomic E-state index is 0.988. The predicted octanol–water partition coefficient (Wildman–Crippen LogP) is 2.34. The van der Waals surface area contributed by atoms with E-state index in [4.69, 9.17) is 0 Å². The second-order valence-electron chi connectivity index (χ2n) is 2.50. The summed E-state index contributed by atoms with van der Waals surface area (Å²) in [4.78, 5) is 0. The normalized spacial score (nSPS) is 17.6. The smallest absolute Gasteiger partial charge is 0.0308 e. The molecule has 0 unspecified atom stereocenters. The molecule has 0 aromatic carbocycles. The zero-order valence-electron chi connectivity index (χ0n) is 6.57. The van der Waals surface area contributed by atoms with Gasteiger partial charge in [-0.05, 0) is 25.0 Å². The molecule has 0 spiro atoms. The summed E-state index contributed by atoms with van der Waals surface area (Å²) in [7, 11) is 0. The third-order valence-corrected chi connectivity index (χ3v) is 1.68. The van der Waals surface area contributed by atoms with Gasteiger partial charge >= 0.3 is 0 Å². The van der Waals surface area contributed by atoms with Crippen LogP contribution in [0.15, 0.2) is 35.7 Å². The SMILES string of the molecule is C=C1C=CC(C)=C(CC)N1. The van der Waals surface area contributed by atoms with Gasteiger partial charge in [-0.2, -0.15) is 0 Å². The standard InChI is InChI=1S/C9H13N/c1-4-9-7(2)5-6-8(3)10-9/h5-6,10H,3-4H2,1-2H3. The van der Waals surface area contributed by atoms with E-state index < -0.39 is 0 Å². The van der Waals surface area contributed by atoms with Gasteiger partial charge in [0, 0.05) is 11.4 Å². The highest BCUT2D eigenvalue weighted by Crippen LogP contribution is 2.13. The first-order valence-electron chi connectivity index (χ1n) is 3.57. The lowest BCUT2D eigenvalue weighted by atomic mass is 10.1. The Bertz CT molecular complexity index is 209. The average Bonchev–Trinajstić information content (AvgIpc) is 1.94. The Balaban J connectivity index is 2.84. The largest absolute Gasteiger partial charge is 0.359 e. The molecule has 0 aromatic heterocycles. The van der Waals surface area contributed by atoms with Crippen molar-refractivity contribution >= 4 is 0 Å². The summed E-state index contributed by atoms with van der Waals surface area (Å²) >= 11 is 0. The molecule has 1 aliphatic rings. The summed E-state index contributed by atoms with van der Waals surface area (Å²) in [6.45, 7) is 8.06. The van der Waals surface area contributed by atoms with E-state index in [1.165, 1.54) is 11.3 Å². The summed E-state index contributed by atoms with van der Waals surface area (Å²) in [5.41, 5.74) is 3.59. The molecule has 0 atom stereocenters. The van der Waals surface area contributed by atoms with Crippen molar-refractivity contribution in [1.29, 1.82) is 0 Å². The summed E-state index contributed by atoms with van der Waals surface area (Å²) in [6, 6.07) is 0. The third kappa shape index (κ3) is 1.29. The van der Waals surface area contributed by atoms with Crippen LogP contribution in [-0.4, -0.2) is 0 Å². The van der Waals surface area contributed by atoms with Gasteiger partial charge < -0.3 is 5.32 Å². The van der Waals surface area contributed by atoms with Crippen LogP contribution in [0.4, 0.5) is 0 Å². The van der Waals surface area contributed by atoms with Crippen LogP contribution in [0.25, 0.3) is 0 Å². The van der Waals surface area contributed by atoms with Crippen molar-refractivity contribution in [2.75, 3.05) is 0 Å². The summed E-state index contributed by atoms with van der Waals surface area (Å²) in [5.74, 6) is 0. The lowest BCUT2D eigenvalue weighted by Crippen LogP contribution is -2.14. The minimum Gasteiger partial charge on any atom is -0.359 e. The van der Waals surface area contributed by atoms with Gasteiger partial charge in [0.1, 0.15) is 0 Å². The molecule has 0 bridgehead atoms. The Kier molecular flexibility index (Phi) is 1.95. The molecule has 0 aliphatic carbocycles. The fourth-order valence-electron chi connectivity index (χ4n) is 1.03. The van der Waals surface area contributed by atoms with Gasteiger partial charge in [0.25, 0.3) is 0 Å². The first-order chi connectivity index (χ1) is 4.74. The first kappa shape index (κ1) is 7.13. The molecular formula is C9H13N. The quantitative estimate of drug-likeness (QED) is 0.582. The number of rotatable bonds is 1. The molecule has 1 N–H and O–H groups in total. The van der Waals surface area contributed by atoms with Gasteiger partial charge in [-0.3, -0.25) is 0 Å². The van der Waals surface area contributed by atoms with Crippen LogP contribution < -0.4 is 5.32 Å². The van der Waals surface area contributed by atoms with Crippen molar-refractivity contribution in [2.45, 2.75) is 20.3 Å². The Labute approximate surface area is 62.1 Å². The molecule has 0 aromatic rings. The lowest BCUT2D eigenvalue weighted by molar-refractivity contribution is 0.884. The van der Waals surface area contributed by atoms with Crippen molar-refractivity contribution in [3.05, 3.63) is 35.7 Å². The maximum absolute atomic E-state index is 3.81. The van der Waals surface area contributed by atoms with Crippen LogP contribution in [0.1, 0.15) is 20.3 Å². The molecule has 1 nitrogen and oxygen atoms in total. The molecule has 1 aliphatic heterocycles. The molecule has 1 heterocycles. The minimum absolute atomic E-state index is 0.988. The van der Waals surface area contributed by atoms with Crippen molar-refractivity contribution < 1.29 is 0 Å². The van der Waals surface area contributed by atoms with Gasteiger partial charge in [0.2, 0.25) is 0 Å². The van der Waals surface area contributed by atoms with Crippen molar-refractivity contribution in [2.24, 2.45) is 0 Å². The Hall–Kier alpha value is -0.980. The van der Waals surface area contributed by atoms with E-state index in [-0.39, 0.29) is 0 Å². The van der Waals surface area contributed by atoms with E-state index in [0.29, 0.717) is 0 Å². The maximum Gasteiger partial charge on any atom is 0.0308 e. The van der Waals surface area contributed by atoms with E-state index in [1.54, 1.807) is 0 Å². The van der Waals surface area contributed by atoms with Crippen molar-refractivity contribution in [3.8, 4) is 0 Å². The summed E-state index contributed by atoms with van der Waals surface area (Å²) < 4.78 is 0. The van der Waals surface area contributed by atoms with Gasteiger partial charge in [-0.1, -0.05) is 19.6 Å². The molecule has 0 saturated heterocycles. The first-order valence-corrected chi connectivity index (χ1v) is 3.57. The van der Waals surface area contributed by atoms with E-state index in [0.717, 1.165) is 12.1 Å². The third-order valence-electron chi connectivity index (χ3n) is 1.68. The van der Waals surface area contributed by atoms with E-state index in [2.05, 4.69) is 31.8 Å². The van der Waals surface area contributed by atoms with Crippen LogP contribution in [0.2, 0.25) is 0 Å². The van der Waals surface area contributed by atoms with Gasteiger partial charge in [0.05, 0.1) is 0 Å². The van der Waals surface area contributed by atoms with Crippen LogP contribution in [0.5, 0.6) is 0 Å². The molecule has 0 amide bonds. The lowest BCUT2D eigenvalue weighted by Gasteiger charge is -2.15. The number of hydrogen-bond donors (Lipinski definition) is 1. The average molecular weight is 135 g/mol. The summed E-state index contributed by atoms with van der Waals surface area (Å²) in [6.07, 6.45) is 5.14.